The van der Waals surface area contributed by atoms with Gasteiger partial charge in [-0.15, -0.1) is 0 Å². The molecule has 18 heavy (non-hydrogen) atoms. The van der Waals surface area contributed by atoms with Crippen LogP contribution in [0.1, 0.15) is 56.3 Å². The molecule has 1 unspecified atom stereocenters. The van der Waals surface area contributed by atoms with Gasteiger partial charge in [-0.25, -0.2) is 4.39 Å². The van der Waals surface area contributed by atoms with Crippen molar-refractivity contribution < 1.29 is 4.39 Å². The summed E-state index contributed by atoms with van der Waals surface area (Å²) in [7, 11) is 0. The number of hydrogen-bond acceptors (Lipinski definition) is 1. The fraction of sp³-hybridized carbons (Fsp3) is 0.600. The van der Waals surface area contributed by atoms with Crippen LogP contribution in [-0.2, 0) is 5.41 Å². The molecule has 1 fully saturated rings. The lowest BCUT2D eigenvalue weighted by molar-refractivity contribution is 0.289. The Kier molecular flexibility index (Phi) is 4.29. The maximum atomic E-state index is 13.9. The SMILES string of the molecule is CC(F)c1c(Cl)cccc1C1(CN)CCCCC1. The Morgan fingerprint density at radius 1 is 1.33 bits per heavy atom. The summed E-state index contributed by atoms with van der Waals surface area (Å²) in [6.07, 6.45) is 4.64. The van der Waals surface area contributed by atoms with Gasteiger partial charge in [0.05, 0.1) is 0 Å². The van der Waals surface area contributed by atoms with Crippen LogP contribution in [0, 0.1) is 0 Å². The first kappa shape index (κ1) is 13.8. The summed E-state index contributed by atoms with van der Waals surface area (Å²) in [5.74, 6) is 0. The van der Waals surface area contributed by atoms with Crippen LogP contribution in [0.15, 0.2) is 18.2 Å². The summed E-state index contributed by atoms with van der Waals surface area (Å²) in [4.78, 5) is 0. The molecule has 1 aliphatic carbocycles. The van der Waals surface area contributed by atoms with E-state index in [9.17, 15) is 4.39 Å². The third-order valence-corrected chi connectivity index (χ3v) is 4.55. The number of rotatable bonds is 3. The number of alkyl halides is 1. The first-order valence-electron chi connectivity index (χ1n) is 6.74. The number of hydrogen-bond donors (Lipinski definition) is 1. The molecule has 0 heterocycles. The number of halogens is 2. The van der Waals surface area contributed by atoms with Crippen molar-refractivity contribution in [2.45, 2.75) is 50.6 Å². The molecule has 1 nitrogen and oxygen atoms in total. The summed E-state index contributed by atoms with van der Waals surface area (Å²) < 4.78 is 13.9. The smallest absolute Gasteiger partial charge is 0.124 e. The summed E-state index contributed by atoms with van der Waals surface area (Å²) in [6.45, 7) is 2.13. The van der Waals surface area contributed by atoms with E-state index in [0.717, 1.165) is 18.4 Å². The van der Waals surface area contributed by atoms with E-state index in [0.29, 0.717) is 17.1 Å². The Morgan fingerprint density at radius 2 is 2.00 bits per heavy atom. The highest BCUT2D eigenvalue weighted by atomic mass is 35.5. The molecule has 0 amide bonds. The van der Waals surface area contributed by atoms with Crippen molar-refractivity contribution in [1.29, 1.82) is 0 Å². The summed E-state index contributed by atoms with van der Waals surface area (Å²) in [6, 6.07) is 5.69. The highest BCUT2D eigenvalue weighted by Gasteiger charge is 2.35. The molecule has 1 atom stereocenters. The average molecular weight is 270 g/mol. The third-order valence-electron chi connectivity index (χ3n) is 4.22. The van der Waals surface area contributed by atoms with Crippen molar-refractivity contribution in [2.24, 2.45) is 5.73 Å². The first-order valence-corrected chi connectivity index (χ1v) is 7.11. The van der Waals surface area contributed by atoms with Gasteiger partial charge < -0.3 is 5.73 Å². The second kappa shape index (κ2) is 5.58. The van der Waals surface area contributed by atoms with Gasteiger partial charge in [-0.1, -0.05) is 43.0 Å². The van der Waals surface area contributed by atoms with E-state index in [4.69, 9.17) is 17.3 Å². The standard InChI is InChI=1S/C15H21ClFN/c1-11(17)14-12(6-5-7-13(14)16)15(10-18)8-3-2-4-9-15/h5-7,11H,2-4,8-10,18H2,1H3. The largest absolute Gasteiger partial charge is 0.330 e. The van der Waals surface area contributed by atoms with Crippen LogP contribution in [0.2, 0.25) is 5.02 Å². The Bertz CT molecular complexity index is 411. The van der Waals surface area contributed by atoms with Crippen LogP contribution in [0.3, 0.4) is 0 Å². The summed E-state index contributed by atoms with van der Waals surface area (Å²) in [5, 5.41) is 0.529. The van der Waals surface area contributed by atoms with Crippen LogP contribution in [0.5, 0.6) is 0 Å². The zero-order valence-electron chi connectivity index (χ0n) is 10.9. The summed E-state index contributed by atoms with van der Waals surface area (Å²) in [5.41, 5.74) is 7.63. The van der Waals surface area contributed by atoms with Crippen molar-refractivity contribution in [3.63, 3.8) is 0 Å². The minimum atomic E-state index is -1.04. The van der Waals surface area contributed by atoms with Gasteiger partial charge in [-0.3, -0.25) is 0 Å². The molecule has 0 aliphatic heterocycles. The van der Waals surface area contributed by atoms with E-state index >= 15 is 0 Å². The van der Waals surface area contributed by atoms with E-state index in [2.05, 4.69) is 0 Å². The molecule has 0 bridgehead atoms. The van der Waals surface area contributed by atoms with Crippen molar-refractivity contribution in [3.05, 3.63) is 34.3 Å². The van der Waals surface area contributed by atoms with E-state index < -0.39 is 6.17 Å². The van der Waals surface area contributed by atoms with Crippen LogP contribution in [0.25, 0.3) is 0 Å². The van der Waals surface area contributed by atoms with Gasteiger partial charge in [0.1, 0.15) is 6.17 Å². The maximum absolute atomic E-state index is 13.9. The molecule has 0 aromatic heterocycles. The van der Waals surface area contributed by atoms with Crippen LogP contribution in [-0.4, -0.2) is 6.54 Å². The minimum Gasteiger partial charge on any atom is -0.330 e. The van der Waals surface area contributed by atoms with E-state index in [1.165, 1.54) is 19.3 Å². The lowest BCUT2D eigenvalue weighted by atomic mass is 9.68. The number of nitrogens with two attached hydrogens (primary N) is 1. The monoisotopic (exact) mass is 269 g/mol. The van der Waals surface area contributed by atoms with Gasteiger partial charge in [0, 0.05) is 22.5 Å². The van der Waals surface area contributed by atoms with Gasteiger partial charge in [-0.2, -0.15) is 0 Å². The predicted molar refractivity (Wildman–Crippen MR) is 74.8 cm³/mol. The molecule has 1 saturated carbocycles. The maximum Gasteiger partial charge on any atom is 0.124 e. The zero-order valence-corrected chi connectivity index (χ0v) is 11.6. The van der Waals surface area contributed by atoms with E-state index in [1.54, 1.807) is 13.0 Å². The molecule has 1 aromatic carbocycles. The van der Waals surface area contributed by atoms with E-state index in [-0.39, 0.29) is 5.41 Å². The van der Waals surface area contributed by atoms with Crippen LogP contribution < -0.4 is 5.73 Å². The normalized spacial score (nSPS) is 20.7. The Hall–Kier alpha value is -0.600. The second-order valence-corrected chi connectivity index (χ2v) is 5.77. The molecule has 0 radical (unpaired) electrons. The summed E-state index contributed by atoms with van der Waals surface area (Å²) >= 11 is 6.18. The van der Waals surface area contributed by atoms with Crippen LogP contribution in [0.4, 0.5) is 4.39 Å². The Labute approximate surface area is 114 Å². The zero-order chi connectivity index (χ0) is 13.2. The Balaban J connectivity index is 2.51. The topological polar surface area (TPSA) is 26.0 Å². The minimum absolute atomic E-state index is 0.0706. The predicted octanol–water partition coefficient (Wildman–Crippen LogP) is 4.53. The quantitative estimate of drug-likeness (QED) is 0.857. The number of benzene rings is 1. The lowest BCUT2D eigenvalue weighted by Gasteiger charge is -2.38. The van der Waals surface area contributed by atoms with Gasteiger partial charge >= 0.3 is 0 Å². The van der Waals surface area contributed by atoms with Gasteiger partial charge in [-0.05, 0) is 31.4 Å². The molecular weight excluding hydrogens is 249 g/mol. The van der Waals surface area contributed by atoms with Gasteiger partial charge in [0.2, 0.25) is 0 Å². The van der Waals surface area contributed by atoms with Gasteiger partial charge in [0.25, 0.3) is 0 Å². The highest BCUT2D eigenvalue weighted by molar-refractivity contribution is 6.31. The first-order chi connectivity index (χ1) is 8.60. The molecule has 2 N–H and O–H groups in total. The molecule has 3 heteroatoms. The molecule has 1 aliphatic rings. The highest BCUT2D eigenvalue weighted by Crippen LogP contribution is 2.43. The Morgan fingerprint density at radius 3 is 2.56 bits per heavy atom. The van der Waals surface area contributed by atoms with Crippen LogP contribution >= 0.6 is 11.6 Å². The van der Waals surface area contributed by atoms with E-state index in [1.807, 2.05) is 12.1 Å². The third kappa shape index (κ3) is 2.41. The fourth-order valence-electron chi connectivity index (χ4n) is 3.22. The second-order valence-electron chi connectivity index (χ2n) is 5.36. The van der Waals surface area contributed by atoms with Crippen molar-refractivity contribution >= 4 is 11.6 Å². The molecule has 0 spiro atoms. The lowest BCUT2D eigenvalue weighted by Crippen LogP contribution is -2.38. The molecule has 1 aromatic rings. The van der Waals surface area contributed by atoms with Crippen molar-refractivity contribution in [2.75, 3.05) is 6.54 Å². The van der Waals surface area contributed by atoms with Gasteiger partial charge in [0.15, 0.2) is 0 Å². The van der Waals surface area contributed by atoms with Crippen molar-refractivity contribution in [3.8, 4) is 0 Å². The fourth-order valence-corrected chi connectivity index (χ4v) is 3.54. The molecule has 0 saturated heterocycles. The van der Waals surface area contributed by atoms with Crippen molar-refractivity contribution in [1.82, 2.24) is 0 Å². The molecule has 100 valence electrons. The molecule has 2 rings (SSSR count). The molecular formula is C15H21ClFN. The average Bonchev–Trinajstić information content (AvgIpc) is 2.38.